The van der Waals surface area contributed by atoms with E-state index in [2.05, 4.69) is 19.2 Å². The van der Waals surface area contributed by atoms with E-state index in [1.54, 1.807) is 0 Å². The molecule has 2 rings (SSSR count). The van der Waals surface area contributed by atoms with Crippen LogP contribution in [0.2, 0.25) is 0 Å². The minimum absolute atomic E-state index is 0.0788. The van der Waals surface area contributed by atoms with Gasteiger partial charge in [0.05, 0.1) is 5.92 Å². The predicted molar refractivity (Wildman–Crippen MR) is 77.1 cm³/mol. The van der Waals surface area contributed by atoms with Gasteiger partial charge in [0.2, 0.25) is 0 Å². The molecule has 2 aliphatic carbocycles. The second-order valence-electron chi connectivity index (χ2n) is 7.42. The molecular formula is C16H29NO2. The second kappa shape index (κ2) is 6.25. The summed E-state index contributed by atoms with van der Waals surface area (Å²) in [5.74, 6) is 0.0194. The Bertz CT molecular complexity index is 306. The molecule has 3 nitrogen and oxygen atoms in total. The number of aliphatic carboxylic acids is 1. The molecule has 0 radical (unpaired) electrons. The number of carbonyl (C=O) groups is 1. The normalized spacial score (nSPS) is 34.9. The zero-order valence-electron chi connectivity index (χ0n) is 12.5. The van der Waals surface area contributed by atoms with Crippen molar-refractivity contribution < 1.29 is 9.90 Å². The van der Waals surface area contributed by atoms with Gasteiger partial charge in [-0.25, -0.2) is 0 Å². The molecular weight excluding hydrogens is 238 g/mol. The van der Waals surface area contributed by atoms with Crippen LogP contribution in [0.5, 0.6) is 0 Å². The van der Waals surface area contributed by atoms with Gasteiger partial charge in [0.25, 0.3) is 0 Å². The van der Waals surface area contributed by atoms with E-state index < -0.39 is 5.97 Å². The van der Waals surface area contributed by atoms with Crippen molar-refractivity contribution in [1.29, 1.82) is 0 Å². The monoisotopic (exact) mass is 267 g/mol. The van der Waals surface area contributed by atoms with Crippen molar-refractivity contribution in [3.05, 3.63) is 0 Å². The average molecular weight is 267 g/mol. The highest BCUT2D eigenvalue weighted by molar-refractivity contribution is 5.69. The SMILES string of the molecule is CC1(C)CCCC(NCC2CCC(C(=O)O)CC2)C1. The van der Waals surface area contributed by atoms with Crippen molar-refractivity contribution in [1.82, 2.24) is 5.32 Å². The van der Waals surface area contributed by atoms with Crippen LogP contribution >= 0.6 is 0 Å². The molecule has 0 aliphatic heterocycles. The highest BCUT2D eigenvalue weighted by Crippen LogP contribution is 2.35. The molecule has 0 saturated heterocycles. The van der Waals surface area contributed by atoms with Gasteiger partial charge in [-0.15, -0.1) is 0 Å². The number of hydrogen-bond acceptors (Lipinski definition) is 2. The van der Waals surface area contributed by atoms with Crippen molar-refractivity contribution in [2.24, 2.45) is 17.3 Å². The Morgan fingerprint density at radius 2 is 1.89 bits per heavy atom. The predicted octanol–water partition coefficient (Wildman–Crippen LogP) is 3.44. The zero-order valence-corrected chi connectivity index (χ0v) is 12.5. The number of carboxylic acid groups (broad SMARTS) is 1. The molecule has 1 atom stereocenters. The number of carboxylic acids is 1. The summed E-state index contributed by atoms with van der Waals surface area (Å²) in [6, 6.07) is 0.681. The van der Waals surface area contributed by atoms with Gasteiger partial charge >= 0.3 is 5.97 Å². The Balaban J connectivity index is 1.68. The van der Waals surface area contributed by atoms with Gasteiger partial charge in [0.15, 0.2) is 0 Å². The lowest BCUT2D eigenvalue weighted by Gasteiger charge is -2.37. The Kier molecular flexibility index (Phi) is 4.88. The van der Waals surface area contributed by atoms with Crippen molar-refractivity contribution in [2.75, 3.05) is 6.54 Å². The van der Waals surface area contributed by atoms with Crippen LogP contribution in [-0.4, -0.2) is 23.7 Å². The minimum Gasteiger partial charge on any atom is -0.481 e. The smallest absolute Gasteiger partial charge is 0.306 e. The van der Waals surface area contributed by atoms with Crippen molar-refractivity contribution in [3.63, 3.8) is 0 Å². The summed E-state index contributed by atoms with van der Waals surface area (Å²) in [6.07, 6.45) is 9.21. The Morgan fingerprint density at radius 3 is 2.47 bits per heavy atom. The first-order chi connectivity index (χ1) is 8.96. The molecule has 2 saturated carbocycles. The van der Waals surface area contributed by atoms with Crippen LogP contribution in [0.25, 0.3) is 0 Å². The largest absolute Gasteiger partial charge is 0.481 e. The molecule has 0 aromatic carbocycles. The highest BCUT2D eigenvalue weighted by atomic mass is 16.4. The van der Waals surface area contributed by atoms with Crippen molar-refractivity contribution in [2.45, 2.75) is 71.3 Å². The summed E-state index contributed by atoms with van der Waals surface area (Å²) in [5, 5.41) is 12.7. The van der Waals surface area contributed by atoms with Crippen LogP contribution in [0, 0.1) is 17.3 Å². The van der Waals surface area contributed by atoms with Gasteiger partial charge in [-0.1, -0.05) is 20.3 Å². The first-order valence-electron chi connectivity index (χ1n) is 7.92. The minimum atomic E-state index is -0.597. The van der Waals surface area contributed by atoms with Crippen molar-refractivity contribution >= 4 is 5.97 Å². The van der Waals surface area contributed by atoms with E-state index in [0.29, 0.717) is 17.4 Å². The molecule has 2 N–H and O–H groups in total. The van der Waals surface area contributed by atoms with E-state index >= 15 is 0 Å². The van der Waals surface area contributed by atoms with Gasteiger partial charge in [0, 0.05) is 6.04 Å². The maximum atomic E-state index is 10.9. The van der Waals surface area contributed by atoms with Crippen LogP contribution < -0.4 is 5.32 Å². The summed E-state index contributed by atoms with van der Waals surface area (Å²) in [7, 11) is 0. The second-order valence-corrected chi connectivity index (χ2v) is 7.42. The number of hydrogen-bond donors (Lipinski definition) is 2. The molecule has 0 aromatic rings. The molecule has 0 heterocycles. The molecule has 0 bridgehead atoms. The molecule has 0 aromatic heterocycles. The first kappa shape index (κ1) is 14.8. The molecule has 3 heteroatoms. The van der Waals surface area contributed by atoms with Gasteiger partial charge in [-0.05, 0) is 62.8 Å². The van der Waals surface area contributed by atoms with Gasteiger partial charge in [-0.2, -0.15) is 0 Å². The Hall–Kier alpha value is -0.570. The van der Waals surface area contributed by atoms with Crippen LogP contribution in [0.4, 0.5) is 0 Å². The fourth-order valence-corrected chi connectivity index (χ4v) is 3.82. The summed E-state index contributed by atoms with van der Waals surface area (Å²) >= 11 is 0. The van der Waals surface area contributed by atoms with Gasteiger partial charge in [-0.3, -0.25) is 4.79 Å². The third-order valence-corrected chi connectivity index (χ3v) is 5.10. The molecule has 110 valence electrons. The lowest BCUT2D eigenvalue weighted by atomic mass is 9.75. The van der Waals surface area contributed by atoms with E-state index in [-0.39, 0.29) is 5.92 Å². The molecule has 0 spiro atoms. The summed E-state index contributed by atoms with van der Waals surface area (Å²) < 4.78 is 0. The van der Waals surface area contributed by atoms with Crippen LogP contribution in [-0.2, 0) is 4.79 Å². The fraction of sp³-hybridized carbons (Fsp3) is 0.938. The van der Waals surface area contributed by atoms with E-state index in [0.717, 1.165) is 32.2 Å². The quantitative estimate of drug-likeness (QED) is 0.820. The van der Waals surface area contributed by atoms with Gasteiger partial charge in [0.1, 0.15) is 0 Å². The lowest BCUT2D eigenvalue weighted by molar-refractivity contribution is -0.143. The Morgan fingerprint density at radius 1 is 1.21 bits per heavy atom. The topological polar surface area (TPSA) is 49.3 Å². The van der Waals surface area contributed by atoms with Crippen LogP contribution in [0.15, 0.2) is 0 Å². The third kappa shape index (κ3) is 4.48. The molecule has 2 aliphatic rings. The Labute approximate surface area is 117 Å². The maximum absolute atomic E-state index is 10.9. The average Bonchev–Trinajstić information content (AvgIpc) is 2.36. The van der Waals surface area contributed by atoms with E-state index in [9.17, 15) is 4.79 Å². The standard InChI is InChI=1S/C16H29NO2/c1-16(2)9-3-4-14(10-16)17-11-12-5-7-13(8-6-12)15(18)19/h12-14,17H,3-11H2,1-2H3,(H,18,19). The number of nitrogens with one attached hydrogen (secondary N) is 1. The van der Waals surface area contributed by atoms with E-state index in [1.807, 2.05) is 0 Å². The fourth-order valence-electron chi connectivity index (χ4n) is 3.82. The highest BCUT2D eigenvalue weighted by Gasteiger charge is 2.29. The van der Waals surface area contributed by atoms with Gasteiger partial charge < -0.3 is 10.4 Å². The molecule has 1 unspecified atom stereocenters. The van der Waals surface area contributed by atoms with Crippen molar-refractivity contribution in [3.8, 4) is 0 Å². The maximum Gasteiger partial charge on any atom is 0.306 e. The lowest BCUT2D eigenvalue weighted by Crippen LogP contribution is -2.40. The summed E-state index contributed by atoms with van der Waals surface area (Å²) in [5.41, 5.74) is 0.497. The third-order valence-electron chi connectivity index (χ3n) is 5.10. The van der Waals surface area contributed by atoms with Crippen LogP contribution in [0.1, 0.15) is 65.2 Å². The summed E-state index contributed by atoms with van der Waals surface area (Å²) in [6.45, 7) is 5.84. The molecule has 19 heavy (non-hydrogen) atoms. The zero-order chi connectivity index (χ0) is 13.9. The first-order valence-corrected chi connectivity index (χ1v) is 7.92. The molecule has 2 fully saturated rings. The van der Waals surface area contributed by atoms with E-state index in [1.165, 1.54) is 25.7 Å². The van der Waals surface area contributed by atoms with E-state index in [4.69, 9.17) is 5.11 Å². The summed E-state index contributed by atoms with van der Waals surface area (Å²) in [4.78, 5) is 10.9. The van der Waals surface area contributed by atoms with Crippen LogP contribution in [0.3, 0.4) is 0 Å². The molecule has 0 amide bonds. The number of rotatable bonds is 4.